The fourth-order valence-electron chi connectivity index (χ4n) is 1.88. The van der Waals surface area contributed by atoms with E-state index in [-0.39, 0.29) is 24.4 Å². The van der Waals surface area contributed by atoms with Crippen molar-refractivity contribution in [2.75, 3.05) is 0 Å². The van der Waals surface area contributed by atoms with E-state index in [0.717, 1.165) is 0 Å². The maximum atomic E-state index is 11.5. The van der Waals surface area contributed by atoms with Crippen molar-refractivity contribution in [3.8, 4) is 0 Å². The van der Waals surface area contributed by atoms with Crippen LogP contribution in [0.3, 0.4) is 0 Å². The molecule has 2 heterocycles. The summed E-state index contributed by atoms with van der Waals surface area (Å²) in [4.78, 5) is 24.1. The number of hydrogen-bond acceptors (Lipinski definition) is 5. The van der Waals surface area contributed by atoms with E-state index in [1.807, 2.05) is 6.92 Å². The third-order valence-corrected chi connectivity index (χ3v) is 3.10. The highest BCUT2D eigenvalue weighted by atomic mass is 16.6. The molecule has 1 aliphatic heterocycles. The second-order valence-electron chi connectivity index (χ2n) is 6.15. The van der Waals surface area contributed by atoms with Crippen LogP contribution in [0.15, 0.2) is 6.20 Å². The standard InChI is InChI=1S/C13H21N5O3/c1-8-10(16-11(8)19)7-18-15-6-9(17-18)5-14-12(20)21-13(2,3)4/h6,8,10H,5,7H2,1-4H3,(H,14,20)(H,16,19)/t8-,10+/m0/s1. The van der Waals surface area contributed by atoms with Gasteiger partial charge in [0, 0.05) is 0 Å². The number of carbonyl (C=O) groups is 2. The fraction of sp³-hybridized carbons (Fsp3) is 0.692. The number of amides is 2. The Morgan fingerprint density at radius 1 is 1.52 bits per heavy atom. The van der Waals surface area contributed by atoms with Crippen molar-refractivity contribution in [1.82, 2.24) is 25.6 Å². The molecule has 1 aromatic heterocycles. The molecule has 2 atom stereocenters. The molecule has 1 fully saturated rings. The molecule has 0 radical (unpaired) electrons. The van der Waals surface area contributed by atoms with Crippen molar-refractivity contribution < 1.29 is 14.3 Å². The van der Waals surface area contributed by atoms with Crippen molar-refractivity contribution in [2.24, 2.45) is 5.92 Å². The Labute approximate surface area is 123 Å². The van der Waals surface area contributed by atoms with Crippen LogP contribution in [0, 0.1) is 5.92 Å². The van der Waals surface area contributed by atoms with E-state index < -0.39 is 11.7 Å². The first-order valence-electron chi connectivity index (χ1n) is 6.91. The SMILES string of the molecule is C[C@@H]1C(=O)N[C@@H]1Cn1ncc(CNC(=O)OC(C)(C)C)n1. The van der Waals surface area contributed by atoms with Gasteiger partial charge in [-0.1, -0.05) is 6.92 Å². The van der Waals surface area contributed by atoms with Crippen LogP contribution >= 0.6 is 0 Å². The summed E-state index contributed by atoms with van der Waals surface area (Å²) >= 11 is 0. The summed E-state index contributed by atoms with van der Waals surface area (Å²) in [5.74, 6) is 0.0401. The lowest BCUT2D eigenvalue weighted by Crippen LogP contribution is -2.58. The van der Waals surface area contributed by atoms with E-state index in [1.54, 1.807) is 27.0 Å². The average Bonchev–Trinajstić information content (AvgIpc) is 2.81. The first kappa shape index (κ1) is 15.3. The maximum Gasteiger partial charge on any atom is 0.407 e. The third kappa shape index (κ3) is 4.17. The van der Waals surface area contributed by atoms with Crippen molar-refractivity contribution in [1.29, 1.82) is 0 Å². The molecule has 8 heteroatoms. The minimum Gasteiger partial charge on any atom is -0.444 e. The number of rotatable bonds is 4. The molecule has 1 aliphatic rings. The second-order valence-corrected chi connectivity index (χ2v) is 6.15. The molecule has 2 amide bonds. The van der Waals surface area contributed by atoms with Gasteiger partial charge in [-0.3, -0.25) is 4.79 Å². The minimum absolute atomic E-state index is 0.0145. The molecule has 2 N–H and O–H groups in total. The van der Waals surface area contributed by atoms with Gasteiger partial charge in [0.2, 0.25) is 5.91 Å². The van der Waals surface area contributed by atoms with Gasteiger partial charge in [0.15, 0.2) is 0 Å². The highest BCUT2D eigenvalue weighted by Gasteiger charge is 2.35. The summed E-state index contributed by atoms with van der Waals surface area (Å²) in [7, 11) is 0. The molecule has 0 saturated carbocycles. The molecule has 0 spiro atoms. The van der Waals surface area contributed by atoms with Crippen LogP contribution in [0.2, 0.25) is 0 Å². The Morgan fingerprint density at radius 2 is 2.24 bits per heavy atom. The molecule has 0 bridgehead atoms. The summed E-state index contributed by atoms with van der Waals surface area (Å²) in [6, 6.07) is 0.0663. The van der Waals surface area contributed by atoms with Gasteiger partial charge in [0.25, 0.3) is 0 Å². The minimum atomic E-state index is -0.528. The van der Waals surface area contributed by atoms with E-state index in [4.69, 9.17) is 4.74 Å². The zero-order chi connectivity index (χ0) is 15.6. The zero-order valence-electron chi connectivity index (χ0n) is 12.7. The molecule has 8 nitrogen and oxygen atoms in total. The summed E-state index contributed by atoms with van der Waals surface area (Å²) < 4.78 is 5.13. The van der Waals surface area contributed by atoms with E-state index >= 15 is 0 Å². The maximum absolute atomic E-state index is 11.5. The van der Waals surface area contributed by atoms with Crippen LogP contribution in [-0.4, -0.2) is 38.6 Å². The number of nitrogens with zero attached hydrogens (tertiary/aromatic N) is 3. The molecule has 1 aromatic rings. The van der Waals surface area contributed by atoms with Gasteiger partial charge >= 0.3 is 6.09 Å². The van der Waals surface area contributed by atoms with Gasteiger partial charge in [0.1, 0.15) is 11.3 Å². The highest BCUT2D eigenvalue weighted by Crippen LogP contribution is 2.15. The van der Waals surface area contributed by atoms with Crippen molar-refractivity contribution in [3.63, 3.8) is 0 Å². The summed E-state index contributed by atoms with van der Waals surface area (Å²) in [6.07, 6.45) is 1.10. The van der Waals surface area contributed by atoms with E-state index in [2.05, 4.69) is 20.8 Å². The predicted molar refractivity (Wildman–Crippen MR) is 74.2 cm³/mol. The number of β-lactam (4-membered cyclic amide) rings is 1. The van der Waals surface area contributed by atoms with E-state index in [9.17, 15) is 9.59 Å². The second kappa shape index (κ2) is 5.71. The summed E-state index contributed by atoms with van der Waals surface area (Å²) in [5, 5.41) is 13.8. The van der Waals surface area contributed by atoms with Gasteiger partial charge in [-0.05, 0) is 20.8 Å². The predicted octanol–water partition coefficient (Wildman–Crippen LogP) is 0.437. The monoisotopic (exact) mass is 295 g/mol. The van der Waals surface area contributed by atoms with Gasteiger partial charge in [-0.15, -0.1) is 0 Å². The van der Waals surface area contributed by atoms with Gasteiger partial charge in [-0.2, -0.15) is 15.0 Å². The Bertz CT molecular complexity index is 534. The number of nitrogens with one attached hydrogen (secondary N) is 2. The van der Waals surface area contributed by atoms with Crippen molar-refractivity contribution in [3.05, 3.63) is 11.9 Å². The molecule has 1 saturated heterocycles. The number of carbonyl (C=O) groups excluding carboxylic acids is 2. The van der Waals surface area contributed by atoms with Gasteiger partial charge in [0.05, 0.1) is 31.2 Å². The van der Waals surface area contributed by atoms with Crippen LogP contribution in [0.4, 0.5) is 4.79 Å². The first-order chi connectivity index (χ1) is 9.74. The fourth-order valence-corrected chi connectivity index (χ4v) is 1.88. The molecule has 0 aliphatic carbocycles. The van der Waals surface area contributed by atoms with E-state index in [0.29, 0.717) is 12.2 Å². The van der Waals surface area contributed by atoms with Crippen LogP contribution < -0.4 is 10.6 Å². The average molecular weight is 295 g/mol. The number of ether oxygens (including phenoxy) is 1. The normalized spacial score (nSPS) is 21.4. The third-order valence-electron chi connectivity index (χ3n) is 3.10. The molecule has 0 unspecified atom stereocenters. The number of hydrogen-bond donors (Lipinski definition) is 2. The lowest BCUT2D eigenvalue weighted by molar-refractivity contribution is -0.134. The van der Waals surface area contributed by atoms with Crippen LogP contribution in [0.25, 0.3) is 0 Å². The number of alkyl carbamates (subject to hydrolysis) is 1. The molecule has 2 rings (SSSR count). The zero-order valence-corrected chi connectivity index (χ0v) is 12.7. The van der Waals surface area contributed by atoms with Crippen molar-refractivity contribution >= 4 is 12.0 Å². The molecule has 116 valence electrons. The lowest BCUT2D eigenvalue weighted by Gasteiger charge is -2.33. The Morgan fingerprint density at radius 3 is 2.81 bits per heavy atom. The topological polar surface area (TPSA) is 98.1 Å². The first-order valence-corrected chi connectivity index (χ1v) is 6.91. The summed E-state index contributed by atoms with van der Waals surface area (Å²) in [6.45, 7) is 8.06. The van der Waals surface area contributed by atoms with Gasteiger partial charge < -0.3 is 15.4 Å². The Kier molecular flexibility index (Phi) is 4.15. The smallest absolute Gasteiger partial charge is 0.407 e. The van der Waals surface area contributed by atoms with Crippen LogP contribution in [-0.2, 0) is 22.6 Å². The molecule has 21 heavy (non-hydrogen) atoms. The quantitative estimate of drug-likeness (QED) is 0.785. The Hall–Kier alpha value is -2.12. The lowest BCUT2D eigenvalue weighted by atomic mass is 9.93. The number of aromatic nitrogens is 3. The van der Waals surface area contributed by atoms with Crippen LogP contribution in [0.5, 0.6) is 0 Å². The van der Waals surface area contributed by atoms with E-state index in [1.165, 1.54) is 4.80 Å². The molecular formula is C13H21N5O3. The van der Waals surface area contributed by atoms with Crippen LogP contribution in [0.1, 0.15) is 33.4 Å². The summed E-state index contributed by atoms with van der Waals surface area (Å²) in [5.41, 5.74) is 0.111. The molecule has 0 aromatic carbocycles. The molecular weight excluding hydrogens is 274 g/mol. The van der Waals surface area contributed by atoms with Gasteiger partial charge in [-0.25, -0.2) is 4.79 Å². The Balaban J connectivity index is 1.78. The van der Waals surface area contributed by atoms with Crippen molar-refractivity contribution in [2.45, 2.75) is 52.4 Å². The highest BCUT2D eigenvalue weighted by molar-refractivity contribution is 5.85. The largest absolute Gasteiger partial charge is 0.444 e.